The van der Waals surface area contributed by atoms with Gasteiger partial charge in [0, 0.05) is 32.2 Å². The second-order valence-electron chi connectivity index (χ2n) is 5.58. The first-order chi connectivity index (χ1) is 9.15. The minimum atomic E-state index is -0.00409. The number of anilines is 1. The first-order valence-corrected chi connectivity index (χ1v) is 7.68. The SMILES string of the molecule is CC1CN(c2cnn(CC3CC3)c(=O)c2Br)CCN1. The number of nitrogens with zero attached hydrogens (tertiary/aromatic N) is 3. The molecule has 1 saturated heterocycles. The number of rotatable bonds is 3. The largest absolute Gasteiger partial charge is 0.366 e. The predicted octanol–water partition coefficient (Wildman–Crippen LogP) is 1.21. The van der Waals surface area contributed by atoms with Crippen molar-refractivity contribution in [3.8, 4) is 0 Å². The zero-order valence-electron chi connectivity index (χ0n) is 11.1. The Morgan fingerprint density at radius 1 is 1.53 bits per heavy atom. The molecule has 19 heavy (non-hydrogen) atoms. The molecule has 1 unspecified atom stereocenters. The fraction of sp³-hybridized carbons (Fsp3) is 0.692. The van der Waals surface area contributed by atoms with Gasteiger partial charge >= 0.3 is 0 Å². The lowest BCUT2D eigenvalue weighted by Gasteiger charge is -2.33. The fourth-order valence-electron chi connectivity index (χ4n) is 2.50. The summed E-state index contributed by atoms with van der Waals surface area (Å²) in [6, 6.07) is 0.439. The van der Waals surface area contributed by atoms with Gasteiger partial charge in [0.05, 0.1) is 11.9 Å². The van der Waals surface area contributed by atoms with Crippen LogP contribution in [0.1, 0.15) is 19.8 Å². The number of hydrogen-bond donors (Lipinski definition) is 1. The van der Waals surface area contributed by atoms with Crippen LogP contribution in [0.5, 0.6) is 0 Å². The van der Waals surface area contributed by atoms with Crippen molar-refractivity contribution in [1.29, 1.82) is 0 Å². The van der Waals surface area contributed by atoms with Crippen molar-refractivity contribution < 1.29 is 0 Å². The molecule has 1 aromatic rings. The maximum Gasteiger partial charge on any atom is 0.283 e. The number of halogens is 1. The monoisotopic (exact) mass is 326 g/mol. The summed E-state index contributed by atoms with van der Waals surface area (Å²) in [5.41, 5.74) is 0.918. The van der Waals surface area contributed by atoms with E-state index >= 15 is 0 Å². The Morgan fingerprint density at radius 2 is 2.32 bits per heavy atom. The van der Waals surface area contributed by atoms with Crippen molar-refractivity contribution in [1.82, 2.24) is 15.1 Å². The molecule has 1 atom stereocenters. The first kappa shape index (κ1) is 13.1. The van der Waals surface area contributed by atoms with E-state index in [2.05, 4.69) is 38.2 Å². The van der Waals surface area contributed by atoms with E-state index in [9.17, 15) is 4.79 Å². The van der Waals surface area contributed by atoms with Crippen molar-refractivity contribution in [2.24, 2.45) is 5.92 Å². The van der Waals surface area contributed by atoms with Crippen LogP contribution in [-0.4, -0.2) is 35.5 Å². The van der Waals surface area contributed by atoms with Gasteiger partial charge in [0.1, 0.15) is 4.47 Å². The average Bonchev–Trinajstić information content (AvgIpc) is 3.19. The molecule has 1 aromatic heterocycles. The third-order valence-corrected chi connectivity index (χ3v) is 4.55. The second kappa shape index (κ2) is 5.25. The van der Waals surface area contributed by atoms with Gasteiger partial charge in [-0.25, -0.2) is 4.68 Å². The van der Waals surface area contributed by atoms with Crippen LogP contribution in [0, 0.1) is 5.92 Å². The van der Waals surface area contributed by atoms with Crippen LogP contribution in [0.3, 0.4) is 0 Å². The van der Waals surface area contributed by atoms with Crippen molar-refractivity contribution >= 4 is 21.6 Å². The summed E-state index contributed by atoms with van der Waals surface area (Å²) in [5, 5.41) is 7.73. The molecule has 104 valence electrons. The van der Waals surface area contributed by atoms with Crippen LogP contribution < -0.4 is 15.8 Å². The molecule has 1 aliphatic carbocycles. The summed E-state index contributed by atoms with van der Waals surface area (Å²) in [6.45, 7) is 5.68. The summed E-state index contributed by atoms with van der Waals surface area (Å²) >= 11 is 3.46. The van der Waals surface area contributed by atoms with Gasteiger partial charge in [-0.2, -0.15) is 5.10 Å². The summed E-state index contributed by atoms with van der Waals surface area (Å²) < 4.78 is 2.24. The van der Waals surface area contributed by atoms with Gasteiger partial charge in [-0.1, -0.05) is 0 Å². The molecule has 0 radical (unpaired) electrons. The molecule has 6 heteroatoms. The third kappa shape index (κ3) is 2.84. The number of nitrogens with one attached hydrogen (secondary N) is 1. The summed E-state index contributed by atoms with van der Waals surface area (Å²) in [4.78, 5) is 14.5. The Balaban J connectivity index is 1.85. The zero-order valence-corrected chi connectivity index (χ0v) is 12.7. The Morgan fingerprint density at radius 3 is 3.00 bits per heavy atom. The van der Waals surface area contributed by atoms with E-state index in [0.29, 0.717) is 16.4 Å². The highest BCUT2D eigenvalue weighted by Gasteiger charge is 2.25. The molecule has 1 aliphatic heterocycles. The van der Waals surface area contributed by atoms with Gasteiger partial charge in [-0.15, -0.1) is 0 Å². The van der Waals surface area contributed by atoms with E-state index in [4.69, 9.17) is 0 Å². The summed E-state index contributed by atoms with van der Waals surface area (Å²) in [5.74, 6) is 0.655. The molecule has 0 bridgehead atoms. The lowest BCUT2D eigenvalue weighted by Crippen LogP contribution is -2.49. The smallest absolute Gasteiger partial charge is 0.283 e. The Hall–Kier alpha value is -0.880. The van der Waals surface area contributed by atoms with Crippen LogP contribution in [0.25, 0.3) is 0 Å². The van der Waals surface area contributed by atoms with E-state index < -0.39 is 0 Å². The number of piperazine rings is 1. The Labute approximate surface area is 121 Å². The van der Waals surface area contributed by atoms with Gasteiger partial charge in [-0.3, -0.25) is 4.79 Å². The molecular weight excluding hydrogens is 308 g/mol. The van der Waals surface area contributed by atoms with Crippen molar-refractivity contribution in [2.45, 2.75) is 32.4 Å². The van der Waals surface area contributed by atoms with Gasteiger partial charge in [0.25, 0.3) is 5.56 Å². The second-order valence-corrected chi connectivity index (χ2v) is 6.37. The molecule has 5 nitrogen and oxygen atoms in total. The fourth-order valence-corrected chi connectivity index (χ4v) is 3.06. The lowest BCUT2D eigenvalue weighted by molar-refractivity contribution is 0.480. The van der Waals surface area contributed by atoms with E-state index in [1.165, 1.54) is 12.8 Å². The zero-order chi connectivity index (χ0) is 13.4. The van der Waals surface area contributed by atoms with E-state index in [1.54, 1.807) is 4.68 Å². The van der Waals surface area contributed by atoms with Crippen molar-refractivity contribution in [2.75, 3.05) is 24.5 Å². The van der Waals surface area contributed by atoms with Gasteiger partial charge in [0.2, 0.25) is 0 Å². The van der Waals surface area contributed by atoms with Crippen molar-refractivity contribution in [3.05, 3.63) is 21.0 Å². The predicted molar refractivity (Wildman–Crippen MR) is 78.6 cm³/mol. The first-order valence-electron chi connectivity index (χ1n) is 6.89. The lowest BCUT2D eigenvalue weighted by atomic mass is 10.2. The molecule has 0 aromatic carbocycles. The molecule has 2 heterocycles. The molecular formula is C13H19BrN4O. The van der Waals surface area contributed by atoms with Gasteiger partial charge in [-0.05, 0) is 41.6 Å². The van der Waals surface area contributed by atoms with Crippen LogP contribution >= 0.6 is 15.9 Å². The van der Waals surface area contributed by atoms with Gasteiger partial charge in [0.15, 0.2) is 0 Å². The van der Waals surface area contributed by atoms with Crippen LogP contribution in [0.15, 0.2) is 15.5 Å². The highest BCUT2D eigenvalue weighted by atomic mass is 79.9. The molecule has 0 amide bonds. The quantitative estimate of drug-likeness (QED) is 0.907. The Kier molecular flexibility index (Phi) is 3.62. The molecule has 1 N–H and O–H groups in total. The normalized spacial score (nSPS) is 23.7. The molecule has 0 spiro atoms. The standard InChI is InChI=1S/C13H19BrN4O/c1-9-7-17(5-4-15-9)11-6-16-18(8-10-2-3-10)13(19)12(11)14/h6,9-10,15H,2-5,7-8H2,1H3. The van der Waals surface area contributed by atoms with E-state index in [0.717, 1.165) is 31.9 Å². The van der Waals surface area contributed by atoms with E-state index in [-0.39, 0.29) is 5.56 Å². The number of hydrogen-bond acceptors (Lipinski definition) is 4. The topological polar surface area (TPSA) is 50.2 Å². The molecule has 2 fully saturated rings. The van der Waals surface area contributed by atoms with Crippen molar-refractivity contribution in [3.63, 3.8) is 0 Å². The van der Waals surface area contributed by atoms with Crippen LogP contribution in [-0.2, 0) is 6.54 Å². The van der Waals surface area contributed by atoms with E-state index in [1.807, 2.05) is 6.20 Å². The maximum atomic E-state index is 12.3. The average molecular weight is 327 g/mol. The highest BCUT2D eigenvalue weighted by molar-refractivity contribution is 9.10. The summed E-state index contributed by atoms with van der Waals surface area (Å²) in [6.07, 6.45) is 4.28. The van der Waals surface area contributed by atoms with Crippen LogP contribution in [0.4, 0.5) is 5.69 Å². The van der Waals surface area contributed by atoms with Gasteiger partial charge < -0.3 is 10.2 Å². The Bertz CT molecular complexity index is 526. The minimum Gasteiger partial charge on any atom is -0.366 e. The molecule has 1 saturated carbocycles. The molecule has 2 aliphatic rings. The summed E-state index contributed by atoms with van der Waals surface area (Å²) in [7, 11) is 0. The highest BCUT2D eigenvalue weighted by Crippen LogP contribution is 2.30. The maximum absolute atomic E-state index is 12.3. The minimum absolute atomic E-state index is 0.00409. The number of aromatic nitrogens is 2. The molecule has 3 rings (SSSR count). The third-order valence-electron chi connectivity index (χ3n) is 3.80. The van der Waals surface area contributed by atoms with Crippen LogP contribution in [0.2, 0.25) is 0 Å².